The Kier molecular flexibility index (Phi) is 4.60. The molecule has 0 radical (unpaired) electrons. The number of fused-ring (bicyclic) bond motifs is 1. The van der Waals surface area contributed by atoms with Crippen molar-refractivity contribution in [1.82, 2.24) is 9.97 Å². The van der Waals surface area contributed by atoms with Gasteiger partial charge in [-0.2, -0.15) is 0 Å². The highest BCUT2D eigenvalue weighted by atomic mass is 79.9. The van der Waals surface area contributed by atoms with Crippen molar-refractivity contribution in [2.45, 2.75) is 0 Å². The molecule has 0 bridgehead atoms. The molecule has 0 fully saturated rings. The maximum absolute atomic E-state index is 12.6. The number of benzene rings is 1. The van der Waals surface area contributed by atoms with E-state index in [0.717, 1.165) is 20.5 Å². The fourth-order valence-corrected chi connectivity index (χ4v) is 4.69. The zero-order valence-corrected chi connectivity index (χ0v) is 16.6. The molecule has 0 unspecified atom stereocenters. The highest BCUT2D eigenvalue weighted by molar-refractivity contribution is 9.10. The van der Waals surface area contributed by atoms with Crippen LogP contribution in [0.2, 0.25) is 0 Å². The summed E-state index contributed by atoms with van der Waals surface area (Å²) in [6.45, 7) is 0. The highest BCUT2D eigenvalue weighted by Gasteiger charge is 2.14. The van der Waals surface area contributed by atoms with Crippen molar-refractivity contribution in [1.29, 1.82) is 0 Å². The van der Waals surface area contributed by atoms with Gasteiger partial charge < -0.3 is 4.98 Å². The van der Waals surface area contributed by atoms with Crippen molar-refractivity contribution < 1.29 is 0 Å². The van der Waals surface area contributed by atoms with Crippen LogP contribution in [-0.4, -0.2) is 9.97 Å². The molecule has 0 amide bonds. The minimum absolute atomic E-state index is 0.174. The number of hydrogen-bond acceptors (Lipinski definition) is 4. The first kappa shape index (κ1) is 16.7. The lowest BCUT2D eigenvalue weighted by Gasteiger charge is -2.01. The molecule has 124 valence electrons. The van der Waals surface area contributed by atoms with E-state index in [2.05, 4.69) is 25.9 Å². The van der Waals surface area contributed by atoms with Crippen LogP contribution in [0.3, 0.4) is 0 Å². The van der Waals surface area contributed by atoms with Crippen molar-refractivity contribution in [3.63, 3.8) is 0 Å². The minimum atomic E-state index is -0.174. The van der Waals surface area contributed by atoms with Crippen LogP contribution in [0.1, 0.15) is 11.4 Å². The lowest BCUT2D eigenvalue weighted by Crippen LogP contribution is -2.10. The molecule has 0 aliphatic rings. The Morgan fingerprint density at radius 3 is 2.72 bits per heavy atom. The number of rotatable bonds is 3. The topological polar surface area (TPSA) is 45.8 Å². The Balaban J connectivity index is 1.79. The number of aromatic nitrogens is 2. The number of H-pyrrole nitrogens is 1. The number of hydrogen-bond donors (Lipinski definition) is 1. The maximum Gasteiger partial charge on any atom is 0.260 e. The molecule has 0 atom stereocenters. The molecule has 4 aromatic rings. The number of thiophene rings is 2. The molecule has 0 spiro atoms. The van der Waals surface area contributed by atoms with Crippen molar-refractivity contribution in [2.75, 3.05) is 0 Å². The lowest BCUT2D eigenvalue weighted by atomic mass is 10.2. The van der Waals surface area contributed by atoms with Crippen LogP contribution in [0.15, 0.2) is 56.4 Å². The Labute approximate surface area is 164 Å². The number of nitrogens with zero attached hydrogens (tertiary/aromatic N) is 1. The third-order valence-electron chi connectivity index (χ3n) is 3.62. The van der Waals surface area contributed by atoms with Gasteiger partial charge in [0.2, 0.25) is 0 Å². The molecule has 0 saturated carbocycles. The predicted molar refractivity (Wildman–Crippen MR) is 111 cm³/mol. The van der Waals surface area contributed by atoms with Gasteiger partial charge in [-0.15, -0.1) is 22.7 Å². The summed E-state index contributed by atoms with van der Waals surface area (Å²) in [5.74, 6) is 0.377. The van der Waals surface area contributed by atoms with Crippen LogP contribution in [-0.2, 0) is 0 Å². The summed E-state index contributed by atoms with van der Waals surface area (Å²) in [7, 11) is 0. The normalized spacial score (nSPS) is 12.0. The van der Waals surface area contributed by atoms with E-state index in [1.165, 1.54) is 11.3 Å². The van der Waals surface area contributed by atoms with Gasteiger partial charge in [-0.25, -0.2) is 4.98 Å². The van der Waals surface area contributed by atoms with E-state index in [-0.39, 0.29) is 5.56 Å². The molecule has 3 aromatic heterocycles. The number of aromatic amines is 1. The summed E-state index contributed by atoms with van der Waals surface area (Å²) >= 11 is 12.8. The van der Waals surface area contributed by atoms with E-state index in [1.807, 2.05) is 47.2 Å². The first-order chi connectivity index (χ1) is 12.1. The molecular weight excluding hydrogens is 440 g/mol. The average molecular weight is 450 g/mol. The van der Waals surface area contributed by atoms with Gasteiger partial charge in [-0.05, 0) is 35.2 Å². The van der Waals surface area contributed by atoms with Gasteiger partial charge >= 0.3 is 0 Å². The zero-order valence-electron chi connectivity index (χ0n) is 12.6. The molecule has 25 heavy (non-hydrogen) atoms. The monoisotopic (exact) mass is 448 g/mol. The Morgan fingerprint density at radius 2 is 2.00 bits per heavy atom. The summed E-state index contributed by atoms with van der Waals surface area (Å²) in [6, 6.07) is 11.7. The largest absolute Gasteiger partial charge is 0.305 e. The molecule has 1 aromatic carbocycles. The zero-order chi connectivity index (χ0) is 17.4. The van der Waals surface area contributed by atoms with Gasteiger partial charge in [0.25, 0.3) is 5.56 Å². The first-order valence-corrected chi connectivity index (χ1v) is 10.2. The van der Waals surface area contributed by atoms with Gasteiger partial charge in [0.15, 0.2) is 5.82 Å². The smallest absolute Gasteiger partial charge is 0.260 e. The second-order valence-electron chi connectivity index (χ2n) is 5.27. The minimum Gasteiger partial charge on any atom is -0.305 e. The van der Waals surface area contributed by atoms with E-state index in [9.17, 15) is 4.79 Å². The van der Waals surface area contributed by atoms with Crippen LogP contribution in [0.4, 0.5) is 0 Å². The van der Waals surface area contributed by atoms with Crippen LogP contribution in [0.5, 0.6) is 0 Å². The predicted octanol–water partition coefficient (Wildman–Crippen LogP) is 6.21. The van der Waals surface area contributed by atoms with E-state index in [0.29, 0.717) is 21.1 Å². The van der Waals surface area contributed by atoms with Crippen molar-refractivity contribution in [2.24, 2.45) is 0 Å². The Morgan fingerprint density at radius 1 is 1.20 bits per heavy atom. The fraction of sp³-hybridized carbons (Fsp3) is 0. The first-order valence-electron chi connectivity index (χ1n) is 7.30. The second-order valence-corrected chi connectivity index (χ2v) is 8.39. The average Bonchev–Trinajstić information content (AvgIpc) is 3.25. The molecule has 1 N–H and O–H groups in total. The summed E-state index contributed by atoms with van der Waals surface area (Å²) in [5.41, 5.74) is 1.68. The van der Waals surface area contributed by atoms with Crippen LogP contribution in [0, 0.1) is 0 Å². The molecule has 3 nitrogen and oxygen atoms in total. The lowest BCUT2D eigenvalue weighted by molar-refractivity contribution is 1.14. The van der Waals surface area contributed by atoms with Crippen LogP contribution >= 0.6 is 50.2 Å². The molecule has 0 saturated heterocycles. The standard InChI is InChI=1S/C18H10BrClN2OS2/c19-11-5-3-10(4-6-11)8-13(20)16-21-17(23)15-12(9-25-18(15)22-16)14-2-1-7-24-14/h1-9H,(H,21,22,23)/b13-8-. The molecule has 0 aliphatic heterocycles. The summed E-state index contributed by atoms with van der Waals surface area (Å²) in [5, 5.41) is 4.97. The summed E-state index contributed by atoms with van der Waals surface area (Å²) in [6.07, 6.45) is 1.78. The summed E-state index contributed by atoms with van der Waals surface area (Å²) in [4.78, 5) is 21.7. The third kappa shape index (κ3) is 3.35. The van der Waals surface area contributed by atoms with Crippen molar-refractivity contribution in [3.05, 3.63) is 73.4 Å². The van der Waals surface area contributed by atoms with E-state index in [4.69, 9.17) is 11.6 Å². The molecule has 7 heteroatoms. The SMILES string of the molecule is O=c1[nH]c(/C(Cl)=C/c2ccc(Br)cc2)nc2scc(-c3cccs3)c12. The van der Waals surface area contributed by atoms with E-state index in [1.54, 1.807) is 17.4 Å². The fourth-order valence-electron chi connectivity index (χ4n) is 2.45. The van der Waals surface area contributed by atoms with Gasteiger partial charge in [0, 0.05) is 20.3 Å². The highest BCUT2D eigenvalue weighted by Crippen LogP contribution is 2.34. The second kappa shape index (κ2) is 6.88. The van der Waals surface area contributed by atoms with E-state index < -0.39 is 0 Å². The van der Waals surface area contributed by atoms with Crippen molar-refractivity contribution >= 4 is 71.5 Å². The van der Waals surface area contributed by atoms with Crippen molar-refractivity contribution in [3.8, 4) is 10.4 Å². The molecular formula is C18H10BrClN2OS2. The van der Waals surface area contributed by atoms with Gasteiger partial charge in [0.1, 0.15) is 4.83 Å². The maximum atomic E-state index is 12.6. The molecule has 4 rings (SSSR count). The molecule has 3 heterocycles. The van der Waals surface area contributed by atoms with E-state index >= 15 is 0 Å². The summed E-state index contributed by atoms with van der Waals surface area (Å²) < 4.78 is 0.994. The number of nitrogens with one attached hydrogen (secondary N) is 1. The van der Waals surface area contributed by atoms with Crippen LogP contribution in [0.25, 0.3) is 31.8 Å². The van der Waals surface area contributed by atoms with Gasteiger partial charge in [-0.3, -0.25) is 4.79 Å². The Bertz CT molecular complexity index is 1130. The number of halogens is 2. The van der Waals surface area contributed by atoms with Gasteiger partial charge in [-0.1, -0.05) is 45.7 Å². The molecule has 0 aliphatic carbocycles. The quantitative estimate of drug-likeness (QED) is 0.404. The van der Waals surface area contributed by atoms with Gasteiger partial charge in [0.05, 0.1) is 10.4 Å². The van der Waals surface area contributed by atoms with Crippen LogP contribution < -0.4 is 5.56 Å². The third-order valence-corrected chi connectivity index (χ3v) is 6.21. The Hall–Kier alpha value is -1.73.